The minimum atomic E-state index is -0.871. The Morgan fingerprint density at radius 3 is 2.47 bits per heavy atom. The Morgan fingerprint density at radius 1 is 0.987 bits per heavy atom. The summed E-state index contributed by atoms with van der Waals surface area (Å²) in [5, 5.41) is 23.0. The normalized spacial score (nSPS) is 15.5. The number of likely N-dealkylation sites (N-methyl/N-ethyl adjacent to an activating group) is 1. The number of H-pyrrole nitrogens is 1. The number of nitrogens with one attached hydrogen (secondary N) is 5. The number of benzene rings is 3. The lowest BCUT2D eigenvalue weighted by Gasteiger charge is -2.34. The molecule has 3 aromatic carbocycles. The lowest BCUT2D eigenvalue weighted by Crippen LogP contribution is -2.50. The summed E-state index contributed by atoms with van der Waals surface area (Å²) in [7, 11) is 4.53. The highest BCUT2D eigenvalue weighted by Crippen LogP contribution is 2.40. The predicted octanol–water partition coefficient (Wildman–Crippen LogP) is 7.58. The third-order valence-electron chi connectivity index (χ3n) is 14.2. The Hall–Kier alpha value is -7.78. The van der Waals surface area contributed by atoms with Crippen molar-refractivity contribution in [1.29, 1.82) is 0 Å². The van der Waals surface area contributed by atoms with Crippen LogP contribution in [-0.4, -0.2) is 123 Å². The maximum absolute atomic E-state index is 14.9. The Kier molecular flexibility index (Phi) is 17.3. The molecule has 6 aromatic rings. The van der Waals surface area contributed by atoms with Crippen LogP contribution in [0.3, 0.4) is 0 Å². The number of thiazole rings is 1. The van der Waals surface area contributed by atoms with Gasteiger partial charge in [0.2, 0.25) is 29.6 Å². The number of Topliss-reactive ketones (excluding diaryl/α,β-unsaturated/α-hetero) is 1. The average Bonchev–Trinajstić information content (AvgIpc) is 4.25. The Morgan fingerprint density at radius 2 is 1.75 bits per heavy atom. The standard InChI is InChI=1S/C56H66FN11O8S/c1-32-49(77-31-61-32)34-18-16-33(17-19-34)28-60-52(73)44-26-37(70)29-68(44)54(75)39(56(2,3)4)25-36(69)12-9-8-10-15-46(71)66(6)30-47(72)67-23-21-35-24-45(76-7)42(27-43(35)67)63-55-64-50-38(20-22-59-50)51(65-55)62-41-14-11-13-40(57)48(41)53(74)58-5/h11,13-14,16-20,22,24,27,31,37,39,44,70H,8-10,12,15,21,23,25-26,28-30H2,1-7H3,(H,58,74)(H,60,73)(H3,59,62,63,64,65)/t37-,39-,44+/m1/s1. The smallest absolute Gasteiger partial charge is 0.256 e. The van der Waals surface area contributed by atoms with Crippen LogP contribution in [0.4, 0.5) is 33.2 Å². The van der Waals surface area contributed by atoms with Crippen LogP contribution < -0.4 is 30.9 Å². The summed E-state index contributed by atoms with van der Waals surface area (Å²) in [6, 6.07) is 16.6. The van der Waals surface area contributed by atoms with Crippen molar-refractivity contribution >= 4 is 86.5 Å². The molecule has 2 aliphatic heterocycles. The highest BCUT2D eigenvalue weighted by atomic mass is 32.1. The Labute approximate surface area is 450 Å². The molecule has 19 nitrogen and oxygen atoms in total. The zero-order chi connectivity index (χ0) is 55.1. The van der Waals surface area contributed by atoms with E-state index in [1.807, 2.05) is 58.0 Å². The van der Waals surface area contributed by atoms with Gasteiger partial charge in [0.15, 0.2) is 0 Å². The zero-order valence-electron chi connectivity index (χ0n) is 44.4. The Bertz CT molecular complexity index is 3170. The number of fused-ring (bicyclic) bond motifs is 2. The molecular weight excluding hydrogens is 1010 g/mol. The number of halogens is 1. The van der Waals surface area contributed by atoms with Crippen molar-refractivity contribution in [2.75, 3.05) is 56.4 Å². The number of nitrogens with zero attached hydrogens (tertiary/aromatic N) is 6. The Balaban J connectivity index is 0.811. The van der Waals surface area contributed by atoms with E-state index in [9.17, 15) is 38.3 Å². The number of aromatic amines is 1. The fourth-order valence-electron chi connectivity index (χ4n) is 9.87. The first-order valence-corrected chi connectivity index (χ1v) is 26.6. The number of ketones is 1. The monoisotopic (exact) mass is 1070 g/mol. The van der Waals surface area contributed by atoms with Crippen molar-refractivity contribution in [1.82, 2.24) is 40.4 Å². The van der Waals surface area contributed by atoms with Crippen molar-refractivity contribution in [2.45, 2.75) is 97.8 Å². The topological polar surface area (TPSA) is 244 Å². The van der Waals surface area contributed by atoms with E-state index < -0.39 is 35.2 Å². The molecule has 8 rings (SSSR count). The number of aromatic nitrogens is 4. The van der Waals surface area contributed by atoms with Gasteiger partial charge in [-0.25, -0.2) is 9.37 Å². The number of rotatable bonds is 21. The molecule has 5 amide bonds. The second-order valence-electron chi connectivity index (χ2n) is 20.7. The lowest BCUT2D eigenvalue weighted by molar-refractivity contribution is -0.146. The summed E-state index contributed by atoms with van der Waals surface area (Å²) in [5.41, 5.74) is 6.52. The van der Waals surface area contributed by atoms with Crippen molar-refractivity contribution in [3.63, 3.8) is 0 Å². The molecule has 5 heterocycles. The highest BCUT2D eigenvalue weighted by molar-refractivity contribution is 7.13. The van der Waals surface area contributed by atoms with Gasteiger partial charge in [0, 0.05) is 77.2 Å². The molecule has 406 valence electrons. The molecule has 1 saturated heterocycles. The molecule has 0 aliphatic carbocycles. The van der Waals surface area contributed by atoms with Crippen LogP contribution in [0.15, 0.2) is 72.4 Å². The number of likely N-dealkylation sites (tertiary alicyclic amines) is 1. The summed E-state index contributed by atoms with van der Waals surface area (Å²) in [5.74, 6) is -2.42. The van der Waals surface area contributed by atoms with E-state index in [0.717, 1.165) is 27.3 Å². The molecule has 0 radical (unpaired) electrons. The van der Waals surface area contributed by atoms with Gasteiger partial charge >= 0.3 is 0 Å². The van der Waals surface area contributed by atoms with E-state index in [4.69, 9.17) is 4.74 Å². The first-order valence-electron chi connectivity index (χ1n) is 25.8. The number of aliphatic hydroxyl groups excluding tert-OH is 1. The molecule has 3 aromatic heterocycles. The summed E-state index contributed by atoms with van der Waals surface area (Å²) >= 11 is 1.56. The number of methoxy groups -OCH3 is 1. The molecule has 6 N–H and O–H groups in total. The van der Waals surface area contributed by atoms with E-state index in [0.29, 0.717) is 66.2 Å². The van der Waals surface area contributed by atoms with Gasteiger partial charge < -0.3 is 50.8 Å². The van der Waals surface area contributed by atoms with Crippen molar-refractivity contribution in [3.8, 4) is 16.2 Å². The number of β-amino-alcohol motifs (C(OH)–C–C–N with tert-alkyl or cyclic N) is 1. The predicted molar refractivity (Wildman–Crippen MR) is 293 cm³/mol. The third kappa shape index (κ3) is 12.9. The first-order chi connectivity index (χ1) is 36.8. The summed E-state index contributed by atoms with van der Waals surface area (Å²) in [6.45, 7) is 8.12. The molecule has 21 heteroatoms. The van der Waals surface area contributed by atoms with Gasteiger partial charge in [-0.1, -0.05) is 57.5 Å². The number of hydrogen-bond donors (Lipinski definition) is 6. The summed E-state index contributed by atoms with van der Waals surface area (Å²) < 4.78 is 20.6. The number of aryl methyl sites for hydroxylation is 1. The highest BCUT2D eigenvalue weighted by Gasteiger charge is 2.44. The molecule has 3 atom stereocenters. The molecule has 0 spiro atoms. The quantitative estimate of drug-likeness (QED) is 0.0381. The summed E-state index contributed by atoms with van der Waals surface area (Å²) in [4.78, 5) is 103. The van der Waals surface area contributed by atoms with E-state index in [-0.39, 0.29) is 91.9 Å². The van der Waals surface area contributed by atoms with E-state index in [2.05, 4.69) is 41.2 Å². The minimum absolute atomic E-state index is 0.00256. The minimum Gasteiger partial charge on any atom is -0.495 e. The van der Waals surface area contributed by atoms with Crippen molar-refractivity contribution in [2.24, 2.45) is 11.3 Å². The van der Waals surface area contributed by atoms with Crippen LogP contribution >= 0.6 is 11.3 Å². The average molecular weight is 1070 g/mol. The first kappa shape index (κ1) is 55.5. The van der Waals surface area contributed by atoms with Crippen LogP contribution in [0.2, 0.25) is 0 Å². The molecule has 77 heavy (non-hydrogen) atoms. The van der Waals surface area contributed by atoms with Gasteiger partial charge in [-0.05, 0) is 78.6 Å². The zero-order valence-corrected chi connectivity index (χ0v) is 45.2. The molecule has 0 saturated carbocycles. The van der Waals surface area contributed by atoms with Gasteiger partial charge in [-0.2, -0.15) is 9.97 Å². The second kappa shape index (κ2) is 24.0. The molecule has 0 bridgehead atoms. The van der Waals surface area contributed by atoms with Crippen LogP contribution in [0, 0.1) is 24.1 Å². The number of aliphatic hydroxyl groups is 1. The molecule has 2 aliphatic rings. The van der Waals surface area contributed by atoms with Crippen molar-refractivity contribution < 1.29 is 43.0 Å². The van der Waals surface area contributed by atoms with Crippen LogP contribution in [0.5, 0.6) is 5.75 Å². The number of carbonyl (C=O) groups excluding carboxylic acids is 6. The van der Waals surface area contributed by atoms with E-state index >= 15 is 0 Å². The van der Waals surface area contributed by atoms with E-state index in [1.54, 1.807) is 53.2 Å². The lowest BCUT2D eigenvalue weighted by atomic mass is 9.76. The fourth-order valence-corrected chi connectivity index (χ4v) is 10.7. The SMILES string of the molecule is CNC(=O)c1c(F)cccc1Nc1nc(Nc2cc3c(cc2OC)CCN3C(=O)CN(C)C(=O)CCCCCC(=O)C[C@H](C(=O)N2C[C@H](O)C[C@H]2C(=O)NCc2ccc(-c3scnc3C)cc2)C(C)(C)C)nc2[nH]ccc12. The number of carbonyl (C=O) groups is 6. The van der Waals surface area contributed by atoms with E-state index in [1.165, 1.54) is 36.1 Å². The molecular formula is C56H66FN11O8S. The van der Waals surface area contributed by atoms with Crippen LogP contribution in [0.1, 0.15) is 92.9 Å². The second-order valence-corrected chi connectivity index (χ2v) is 21.5. The molecule has 1 fully saturated rings. The number of unbranched alkanes of at least 4 members (excludes halogenated alkanes) is 2. The number of anilines is 5. The number of amides is 5. The van der Waals surface area contributed by atoms with Gasteiger partial charge in [-0.3, -0.25) is 28.8 Å². The summed E-state index contributed by atoms with van der Waals surface area (Å²) in [6.07, 6.45) is 3.43. The maximum atomic E-state index is 14.9. The third-order valence-corrected chi connectivity index (χ3v) is 15.2. The van der Waals surface area contributed by atoms with Gasteiger partial charge in [0.05, 0.1) is 58.2 Å². The largest absolute Gasteiger partial charge is 0.495 e. The van der Waals surface area contributed by atoms with Crippen LogP contribution in [-0.2, 0) is 36.9 Å². The fraction of sp³-hybridized carbons (Fsp3) is 0.411. The maximum Gasteiger partial charge on any atom is 0.256 e. The number of ether oxygens (including phenoxy) is 1. The van der Waals surface area contributed by atoms with Crippen molar-refractivity contribution in [3.05, 3.63) is 101 Å². The number of hydrogen-bond acceptors (Lipinski definition) is 14. The van der Waals surface area contributed by atoms with Crippen LogP contribution in [0.25, 0.3) is 21.5 Å². The van der Waals surface area contributed by atoms with Gasteiger partial charge in [0.25, 0.3) is 5.91 Å². The molecule has 0 unspecified atom stereocenters. The van der Waals surface area contributed by atoms with Gasteiger partial charge in [0.1, 0.15) is 34.9 Å². The van der Waals surface area contributed by atoms with Gasteiger partial charge in [-0.15, -0.1) is 11.3 Å².